The number of halogens is 2. The van der Waals surface area contributed by atoms with Gasteiger partial charge in [0.25, 0.3) is 0 Å². The third-order valence-electron chi connectivity index (χ3n) is 8.92. The van der Waals surface area contributed by atoms with Crippen molar-refractivity contribution in [3.63, 3.8) is 0 Å². The van der Waals surface area contributed by atoms with Crippen molar-refractivity contribution >= 4 is 69.2 Å². The van der Waals surface area contributed by atoms with E-state index in [1.807, 2.05) is 47.7 Å². The average Bonchev–Trinajstić information content (AvgIpc) is 3.95. The summed E-state index contributed by atoms with van der Waals surface area (Å²) in [5, 5.41) is 3.12. The van der Waals surface area contributed by atoms with E-state index < -0.39 is 17.3 Å². The predicted molar refractivity (Wildman–Crippen MR) is 211 cm³/mol. The summed E-state index contributed by atoms with van der Waals surface area (Å²) >= 11 is 12.1. The number of amides is 2. The van der Waals surface area contributed by atoms with Gasteiger partial charge in [-0.2, -0.15) is 9.97 Å². The minimum Gasteiger partial charge on any atom is -0.459 e. The molecule has 0 radical (unpaired) electrons. The molecule has 0 aliphatic carbocycles. The van der Waals surface area contributed by atoms with E-state index in [0.717, 1.165) is 23.0 Å². The lowest BCUT2D eigenvalue weighted by atomic mass is 10.2. The van der Waals surface area contributed by atoms with Crippen molar-refractivity contribution < 1.29 is 27.9 Å². The zero-order valence-electron chi connectivity index (χ0n) is 32.7. The van der Waals surface area contributed by atoms with Crippen LogP contribution < -0.4 is 15.1 Å². The number of carbonyl (C=O) groups excluding carboxylic acids is 2. The van der Waals surface area contributed by atoms with Gasteiger partial charge in [-0.15, -0.1) is 0 Å². The number of aromatic nitrogens is 8. The molecule has 1 N–H and O–H groups in total. The van der Waals surface area contributed by atoms with E-state index in [2.05, 4.69) is 54.2 Å². The number of alkyl carbamates (subject to hydrolysis) is 1. The van der Waals surface area contributed by atoms with E-state index in [-0.39, 0.29) is 16.7 Å². The Kier molecular flexibility index (Phi) is 10.9. The second-order valence-electron chi connectivity index (χ2n) is 15.6. The number of rotatable bonds is 6. The van der Waals surface area contributed by atoms with Crippen LogP contribution in [0.1, 0.15) is 64.6 Å². The summed E-state index contributed by atoms with van der Waals surface area (Å²) in [6.45, 7) is 15.7. The minimum absolute atomic E-state index is 0.185. The zero-order chi connectivity index (χ0) is 40.6. The monoisotopic (exact) mass is 822 g/mol. The van der Waals surface area contributed by atoms with Gasteiger partial charge in [0.1, 0.15) is 33.9 Å². The number of fused-ring (bicyclic) bond motifs is 4. The largest absolute Gasteiger partial charge is 0.459 e. The lowest BCUT2D eigenvalue weighted by Gasteiger charge is -2.30. The van der Waals surface area contributed by atoms with E-state index >= 15 is 0 Å². The fourth-order valence-electron chi connectivity index (χ4n) is 6.48. The average molecular weight is 824 g/mol. The fourth-order valence-corrected chi connectivity index (χ4v) is 6.82. The number of nitrogens with one attached hydrogen (secondary N) is 1. The summed E-state index contributed by atoms with van der Waals surface area (Å²) in [7, 11) is 1.71. The van der Waals surface area contributed by atoms with Gasteiger partial charge < -0.3 is 47.5 Å². The van der Waals surface area contributed by atoms with Crippen molar-refractivity contribution in [2.24, 2.45) is 0 Å². The maximum atomic E-state index is 12.2. The van der Waals surface area contributed by atoms with Crippen LogP contribution in [0, 0.1) is 0 Å². The molecule has 0 spiro atoms. The van der Waals surface area contributed by atoms with Gasteiger partial charge in [0.15, 0.2) is 22.8 Å². The van der Waals surface area contributed by atoms with Crippen molar-refractivity contribution in [2.75, 3.05) is 29.9 Å². The number of imidazole rings is 2. The van der Waals surface area contributed by atoms with Gasteiger partial charge in [0.05, 0.1) is 62.5 Å². The Bertz CT molecular complexity index is 2410. The van der Waals surface area contributed by atoms with Gasteiger partial charge in [-0.05, 0) is 64.7 Å². The molecule has 6 aromatic heterocycles. The van der Waals surface area contributed by atoms with Crippen molar-refractivity contribution in [1.29, 1.82) is 0 Å². The molecule has 6 aromatic rings. The third kappa shape index (κ3) is 9.17. The zero-order valence-corrected chi connectivity index (χ0v) is 34.3. The highest BCUT2D eigenvalue weighted by Gasteiger charge is 2.27. The molecule has 0 unspecified atom stereocenters. The number of carbonyl (C=O) groups is 2. The summed E-state index contributed by atoms with van der Waals surface area (Å²) in [5.74, 6) is 2.94. The van der Waals surface area contributed by atoms with Crippen molar-refractivity contribution in [3.05, 3.63) is 70.7 Å². The molecule has 0 saturated heterocycles. The summed E-state index contributed by atoms with van der Waals surface area (Å²) < 4.78 is 26.0. The number of ether oxygens (including phenoxy) is 2. The molecule has 57 heavy (non-hydrogen) atoms. The highest BCUT2D eigenvalue weighted by Crippen LogP contribution is 2.31. The number of hydrogen-bond donors (Lipinski definition) is 1. The van der Waals surface area contributed by atoms with Crippen LogP contribution in [0.4, 0.5) is 21.2 Å². The molecule has 8 heterocycles. The van der Waals surface area contributed by atoms with Gasteiger partial charge in [-0.25, -0.2) is 29.5 Å². The summed E-state index contributed by atoms with van der Waals surface area (Å²) in [4.78, 5) is 55.9. The number of furan rings is 2. The molecule has 8 rings (SSSR count). The summed E-state index contributed by atoms with van der Waals surface area (Å²) in [6.07, 6.45) is 5.96. The topological polar surface area (TPSA) is 188 Å². The first kappa shape index (κ1) is 39.6. The molecule has 0 fully saturated rings. The Hall–Kier alpha value is -5.62. The van der Waals surface area contributed by atoms with Crippen LogP contribution in [-0.2, 0) is 48.7 Å². The second-order valence-corrected chi connectivity index (χ2v) is 16.2. The molecule has 2 amide bonds. The SMILES string of the molecule is CC(C)(C)OC(=O)NCc1ncc2n1CCN(c1nc(Cl)nc3ccoc13)C2.CN(Cc1ncc2n1CCN(c1nc(Cl)nc3ccoc13)C2)C(=O)OC(C)(C)C. The molecule has 0 saturated carbocycles. The normalized spacial score (nSPS) is 14.2. The van der Waals surface area contributed by atoms with Gasteiger partial charge >= 0.3 is 12.2 Å². The van der Waals surface area contributed by atoms with Crippen LogP contribution in [0.5, 0.6) is 0 Å². The Morgan fingerprint density at radius 2 is 1.25 bits per heavy atom. The number of hydrogen-bond acceptors (Lipinski definition) is 14. The maximum Gasteiger partial charge on any atom is 0.410 e. The lowest BCUT2D eigenvalue weighted by Crippen LogP contribution is -2.37. The molecule has 0 aromatic carbocycles. The van der Waals surface area contributed by atoms with Gasteiger partial charge in [0.2, 0.25) is 10.6 Å². The van der Waals surface area contributed by atoms with Crippen LogP contribution in [0.15, 0.2) is 45.9 Å². The summed E-state index contributed by atoms with van der Waals surface area (Å²) in [6, 6.07) is 3.53. The van der Waals surface area contributed by atoms with Crippen LogP contribution in [0.25, 0.3) is 22.2 Å². The standard InChI is InChI=1S/C19H23ClN6O3.C18H21ClN6O3/c1-19(2,3)29-18(27)24(4)11-14-21-9-12-10-25(6-7-26(12)14)16-15-13(5-8-28-15)22-17(20)23-16;1-18(2,3)28-17(26)21-9-13-20-8-11-10-24(5-6-25(11)13)15-14-12(4-7-27-14)22-16(19)23-15/h5,8-9H,6-7,10-11H2,1-4H3;4,7-8H,5-6,9-10H2,1-3H3,(H,21,26). The lowest BCUT2D eigenvalue weighted by molar-refractivity contribution is 0.0278. The number of anilines is 2. The second kappa shape index (κ2) is 15.7. The van der Waals surface area contributed by atoms with Crippen molar-refractivity contribution in [1.82, 2.24) is 49.3 Å². The molecule has 302 valence electrons. The van der Waals surface area contributed by atoms with E-state index in [4.69, 9.17) is 41.5 Å². The van der Waals surface area contributed by atoms with Crippen LogP contribution in [0.2, 0.25) is 10.6 Å². The van der Waals surface area contributed by atoms with E-state index in [1.54, 1.807) is 37.9 Å². The molecule has 2 aliphatic heterocycles. The van der Waals surface area contributed by atoms with Gasteiger partial charge in [-0.3, -0.25) is 0 Å². The fraction of sp³-hybridized carbons (Fsp3) is 0.459. The molecular formula is C37H44Cl2N12O6. The Morgan fingerprint density at radius 1 is 0.754 bits per heavy atom. The summed E-state index contributed by atoms with van der Waals surface area (Å²) in [5.41, 5.74) is 3.56. The van der Waals surface area contributed by atoms with Crippen LogP contribution in [-0.4, -0.2) is 87.5 Å². The quantitative estimate of drug-likeness (QED) is 0.178. The minimum atomic E-state index is -0.535. The van der Waals surface area contributed by atoms with E-state index in [1.165, 1.54) is 4.90 Å². The number of nitrogens with zero attached hydrogens (tertiary/aromatic N) is 11. The molecular weight excluding hydrogens is 779 g/mol. The Labute approximate surface area is 338 Å². The Morgan fingerprint density at radius 3 is 1.75 bits per heavy atom. The molecule has 20 heteroatoms. The maximum absolute atomic E-state index is 12.2. The highest BCUT2D eigenvalue weighted by molar-refractivity contribution is 6.29. The molecule has 2 aliphatic rings. The van der Waals surface area contributed by atoms with Gasteiger partial charge in [-0.1, -0.05) is 0 Å². The molecule has 0 atom stereocenters. The predicted octanol–water partition coefficient (Wildman–Crippen LogP) is 6.58. The van der Waals surface area contributed by atoms with E-state index in [0.29, 0.717) is 86.2 Å². The smallest absolute Gasteiger partial charge is 0.410 e. The van der Waals surface area contributed by atoms with Gasteiger partial charge in [0, 0.05) is 45.4 Å². The highest BCUT2D eigenvalue weighted by atomic mass is 35.5. The first-order valence-electron chi connectivity index (χ1n) is 18.3. The Balaban J connectivity index is 0.000000174. The first-order chi connectivity index (χ1) is 27.0. The van der Waals surface area contributed by atoms with Crippen molar-refractivity contribution in [2.45, 2.75) is 92.0 Å². The molecule has 18 nitrogen and oxygen atoms in total. The van der Waals surface area contributed by atoms with E-state index in [9.17, 15) is 9.59 Å². The molecule has 0 bridgehead atoms. The van der Waals surface area contributed by atoms with Crippen LogP contribution >= 0.6 is 23.2 Å². The first-order valence-corrected chi connectivity index (χ1v) is 19.1. The van der Waals surface area contributed by atoms with Crippen LogP contribution in [0.3, 0.4) is 0 Å². The third-order valence-corrected chi connectivity index (χ3v) is 9.26. The van der Waals surface area contributed by atoms with Crippen molar-refractivity contribution in [3.8, 4) is 0 Å².